The Morgan fingerprint density at radius 2 is 1.65 bits per heavy atom. The van der Waals surface area contributed by atoms with Gasteiger partial charge in [-0.05, 0) is 49.3 Å². The summed E-state index contributed by atoms with van der Waals surface area (Å²) >= 11 is 0. The molecule has 3 atom stereocenters. The first-order valence-electron chi connectivity index (χ1n) is 11.7. The second kappa shape index (κ2) is 16.8. The SMILES string of the molecule is C=CCOC(/C=C(\C)C(=C)C1C(=C)COC1CC/C=C/COC(C)=O)CC/C=C/COC(C)=O. The molecule has 1 aliphatic heterocycles. The van der Waals surface area contributed by atoms with Crippen LogP contribution in [-0.2, 0) is 28.5 Å². The molecule has 0 saturated carbocycles. The minimum Gasteiger partial charge on any atom is -0.462 e. The van der Waals surface area contributed by atoms with Gasteiger partial charge in [0, 0.05) is 19.8 Å². The van der Waals surface area contributed by atoms with Gasteiger partial charge < -0.3 is 18.9 Å². The van der Waals surface area contributed by atoms with E-state index in [1.54, 1.807) is 6.08 Å². The molecule has 0 aromatic rings. The van der Waals surface area contributed by atoms with Gasteiger partial charge in [-0.2, -0.15) is 0 Å². The van der Waals surface area contributed by atoms with Gasteiger partial charge in [0.1, 0.15) is 13.2 Å². The summed E-state index contributed by atoms with van der Waals surface area (Å²) < 4.78 is 21.7. The van der Waals surface area contributed by atoms with E-state index in [4.69, 9.17) is 18.9 Å². The van der Waals surface area contributed by atoms with Gasteiger partial charge in [-0.15, -0.1) is 6.58 Å². The van der Waals surface area contributed by atoms with E-state index >= 15 is 0 Å². The minimum absolute atomic E-state index is 0.0125. The quantitative estimate of drug-likeness (QED) is 0.169. The molecule has 1 saturated heterocycles. The monoisotopic (exact) mass is 472 g/mol. The highest BCUT2D eigenvalue weighted by atomic mass is 16.5. The second-order valence-corrected chi connectivity index (χ2v) is 8.22. The summed E-state index contributed by atoms with van der Waals surface area (Å²) in [4.78, 5) is 21.7. The molecule has 34 heavy (non-hydrogen) atoms. The molecule has 0 amide bonds. The average molecular weight is 473 g/mol. The first-order valence-corrected chi connectivity index (χ1v) is 11.7. The zero-order valence-corrected chi connectivity index (χ0v) is 20.9. The fourth-order valence-corrected chi connectivity index (χ4v) is 3.65. The van der Waals surface area contributed by atoms with Crippen molar-refractivity contribution in [3.05, 3.63) is 72.9 Å². The number of esters is 2. The Bertz CT molecular complexity index is 789. The van der Waals surface area contributed by atoms with Crippen molar-refractivity contribution in [1.82, 2.24) is 0 Å². The zero-order chi connectivity index (χ0) is 25.3. The molecule has 1 fully saturated rings. The van der Waals surface area contributed by atoms with Crippen molar-refractivity contribution < 1.29 is 28.5 Å². The van der Waals surface area contributed by atoms with Crippen molar-refractivity contribution in [3.8, 4) is 0 Å². The van der Waals surface area contributed by atoms with Crippen molar-refractivity contribution in [2.75, 3.05) is 26.4 Å². The maximum Gasteiger partial charge on any atom is 0.302 e. The molecule has 1 aliphatic rings. The van der Waals surface area contributed by atoms with E-state index in [-0.39, 0.29) is 43.3 Å². The Balaban J connectivity index is 2.70. The summed E-state index contributed by atoms with van der Waals surface area (Å²) in [5.41, 5.74) is 3.09. The van der Waals surface area contributed by atoms with Crippen LogP contribution in [0, 0.1) is 5.92 Å². The van der Waals surface area contributed by atoms with Crippen LogP contribution in [0.2, 0.25) is 0 Å². The van der Waals surface area contributed by atoms with Crippen LogP contribution in [0.5, 0.6) is 0 Å². The molecule has 3 unspecified atom stereocenters. The number of allylic oxidation sites excluding steroid dienone is 3. The van der Waals surface area contributed by atoms with Crippen molar-refractivity contribution in [3.63, 3.8) is 0 Å². The normalized spacial score (nSPS) is 19.5. The average Bonchev–Trinajstić information content (AvgIpc) is 3.15. The van der Waals surface area contributed by atoms with Crippen LogP contribution in [0.4, 0.5) is 0 Å². The van der Waals surface area contributed by atoms with Crippen molar-refractivity contribution in [2.24, 2.45) is 5.92 Å². The van der Waals surface area contributed by atoms with Gasteiger partial charge in [-0.25, -0.2) is 0 Å². The molecule has 0 aromatic carbocycles. The van der Waals surface area contributed by atoms with E-state index < -0.39 is 0 Å². The molecule has 0 aromatic heterocycles. The van der Waals surface area contributed by atoms with Crippen LogP contribution < -0.4 is 0 Å². The molecule has 6 nitrogen and oxygen atoms in total. The summed E-state index contributed by atoms with van der Waals surface area (Å²) in [6.07, 6.45) is 14.7. The molecule has 6 heteroatoms. The Kier molecular flexibility index (Phi) is 14.5. The lowest BCUT2D eigenvalue weighted by Gasteiger charge is -2.23. The minimum atomic E-state index is -0.289. The third kappa shape index (κ3) is 12.0. The van der Waals surface area contributed by atoms with E-state index in [0.29, 0.717) is 13.2 Å². The van der Waals surface area contributed by atoms with Gasteiger partial charge in [0.05, 0.1) is 25.4 Å². The first kappa shape index (κ1) is 29.3. The molecule has 0 N–H and O–H groups in total. The maximum absolute atomic E-state index is 10.8. The lowest BCUT2D eigenvalue weighted by Crippen LogP contribution is -2.20. The highest BCUT2D eigenvalue weighted by Crippen LogP contribution is 2.36. The number of carbonyl (C=O) groups excluding carboxylic acids is 2. The van der Waals surface area contributed by atoms with Crippen molar-refractivity contribution in [1.29, 1.82) is 0 Å². The molecule has 1 heterocycles. The lowest BCUT2D eigenvalue weighted by molar-refractivity contribution is -0.140. The Labute approximate surface area is 204 Å². The molecule has 0 aliphatic carbocycles. The summed E-state index contributed by atoms with van der Waals surface area (Å²) in [6, 6.07) is 0. The van der Waals surface area contributed by atoms with Gasteiger partial charge in [-0.1, -0.05) is 49.6 Å². The van der Waals surface area contributed by atoms with Crippen molar-refractivity contribution >= 4 is 11.9 Å². The molecule has 1 rings (SSSR count). The first-order chi connectivity index (χ1) is 16.3. The summed E-state index contributed by atoms with van der Waals surface area (Å²) in [6.45, 7) is 18.7. The van der Waals surface area contributed by atoms with Gasteiger partial charge >= 0.3 is 11.9 Å². The van der Waals surface area contributed by atoms with Gasteiger partial charge in [0.15, 0.2) is 0 Å². The van der Waals surface area contributed by atoms with Crippen LogP contribution in [-0.4, -0.2) is 50.6 Å². The standard InChI is InChI=1S/C28H40O6/c1-7-16-33-26(14-10-8-12-17-31-24(5)29)19-21(2)23(4)28-22(3)20-34-27(28)15-11-9-13-18-32-25(6)30/h7-9,12-13,19,26-28H,1,3-4,10-11,14-18,20H2,2,5-6H3/b12-8+,13-9+,21-19+. The van der Waals surface area contributed by atoms with Crippen LogP contribution in [0.3, 0.4) is 0 Å². The molecule has 0 bridgehead atoms. The number of hydrogen-bond donors (Lipinski definition) is 0. The van der Waals surface area contributed by atoms with Crippen LogP contribution >= 0.6 is 0 Å². The zero-order valence-electron chi connectivity index (χ0n) is 20.9. The Morgan fingerprint density at radius 3 is 2.24 bits per heavy atom. The van der Waals surface area contributed by atoms with E-state index in [9.17, 15) is 9.59 Å². The largest absolute Gasteiger partial charge is 0.462 e. The third-order valence-corrected chi connectivity index (χ3v) is 5.38. The predicted octanol–water partition coefficient (Wildman–Crippen LogP) is 5.43. The number of rotatable bonds is 16. The van der Waals surface area contributed by atoms with Crippen LogP contribution in [0.1, 0.15) is 46.5 Å². The maximum atomic E-state index is 10.8. The Morgan fingerprint density at radius 1 is 1.03 bits per heavy atom. The lowest BCUT2D eigenvalue weighted by atomic mass is 9.84. The molecular weight excluding hydrogens is 432 g/mol. The molecule has 0 spiro atoms. The summed E-state index contributed by atoms with van der Waals surface area (Å²) in [5, 5.41) is 0. The molecule has 188 valence electrons. The fourth-order valence-electron chi connectivity index (χ4n) is 3.65. The highest BCUT2D eigenvalue weighted by molar-refractivity contribution is 5.66. The Hall–Kier alpha value is -2.70. The second-order valence-electron chi connectivity index (χ2n) is 8.22. The highest BCUT2D eigenvalue weighted by Gasteiger charge is 2.33. The number of hydrogen-bond acceptors (Lipinski definition) is 6. The molecule has 0 radical (unpaired) electrons. The third-order valence-electron chi connectivity index (χ3n) is 5.38. The van der Waals surface area contributed by atoms with Crippen LogP contribution in [0.15, 0.2) is 72.9 Å². The topological polar surface area (TPSA) is 71.1 Å². The van der Waals surface area contributed by atoms with Gasteiger partial charge in [0.25, 0.3) is 0 Å². The number of ether oxygens (including phenoxy) is 4. The molecular formula is C28H40O6. The van der Waals surface area contributed by atoms with Crippen LogP contribution in [0.25, 0.3) is 0 Å². The summed E-state index contributed by atoms with van der Waals surface area (Å²) in [7, 11) is 0. The smallest absolute Gasteiger partial charge is 0.302 e. The van der Waals surface area contributed by atoms with E-state index in [1.807, 2.05) is 31.2 Å². The van der Waals surface area contributed by atoms with E-state index in [1.165, 1.54) is 13.8 Å². The van der Waals surface area contributed by atoms with Crippen molar-refractivity contribution in [2.45, 2.75) is 58.7 Å². The summed E-state index contributed by atoms with van der Waals surface area (Å²) in [5.74, 6) is -0.517. The number of carbonyl (C=O) groups is 2. The predicted molar refractivity (Wildman–Crippen MR) is 135 cm³/mol. The fraction of sp³-hybridized carbons (Fsp3) is 0.500. The van der Waals surface area contributed by atoms with Gasteiger partial charge in [-0.3, -0.25) is 9.59 Å². The van der Waals surface area contributed by atoms with Gasteiger partial charge in [0.2, 0.25) is 0 Å². The van der Waals surface area contributed by atoms with E-state index in [2.05, 4.69) is 25.8 Å². The van der Waals surface area contributed by atoms with E-state index in [0.717, 1.165) is 42.4 Å².